The van der Waals surface area contributed by atoms with Crippen LogP contribution in [0.15, 0.2) is 48.5 Å². The maximum Gasteiger partial charge on any atom is 0.226 e. The van der Waals surface area contributed by atoms with Crippen molar-refractivity contribution in [2.75, 3.05) is 11.9 Å². The number of carbonyl (C=O) groups excluding carboxylic acids is 1. The van der Waals surface area contributed by atoms with E-state index in [9.17, 15) is 4.79 Å². The lowest BCUT2D eigenvalue weighted by Gasteiger charge is -2.15. The zero-order valence-electron chi connectivity index (χ0n) is 14.9. The zero-order valence-corrected chi connectivity index (χ0v) is 16.5. The van der Waals surface area contributed by atoms with Crippen molar-refractivity contribution in [3.8, 4) is 5.75 Å². The summed E-state index contributed by atoms with van der Waals surface area (Å²) in [7, 11) is 0. The molecular weight excluding hydrogens is 368 g/mol. The monoisotopic (exact) mass is 390 g/mol. The molecule has 0 heterocycles. The molecule has 6 heteroatoms. The average molecular weight is 391 g/mol. The number of anilines is 1. The van der Waals surface area contributed by atoms with Crippen LogP contribution in [0.2, 0.25) is 5.02 Å². The number of benzene rings is 2. The molecule has 4 nitrogen and oxygen atoms in total. The molecule has 2 N–H and O–H groups in total. The molecule has 0 aromatic heterocycles. The highest BCUT2D eigenvalue weighted by molar-refractivity contribution is 7.80. The van der Waals surface area contributed by atoms with Crippen molar-refractivity contribution >= 4 is 40.5 Å². The molecule has 138 valence electrons. The smallest absolute Gasteiger partial charge is 0.226 e. The highest BCUT2D eigenvalue weighted by Gasteiger charge is 2.10. The predicted molar refractivity (Wildman–Crippen MR) is 111 cm³/mol. The quantitative estimate of drug-likeness (QED) is 0.665. The van der Waals surface area contributed by atoms with E-state index in [1.165, 1.54) is 0 Å². The van der Waals surface area contributed by atoms with Crippen molar-refractivity contribution < 1.29 is 9.53 Å². The Kier molecular flexibility index (Phi) is 7.88. The molecule has 0 bridgehead atoms. The van der Waals surface area contributed by atoms with Crippen molar-refractivity contribution in [3.63, 3.8) is 0 Å². The fourth-order valence-corrected chi connectivity index (χ4v) is 2.70. The van der Waals surface area contributed by atoms with Crippen molar-refractivity contribution in [1.29, 1.82) is 0 Å². The number of carbonyl (C=O) groups is 1. The molecular formula is C20H23ClN2O2S. The van der Waals surface area contributed by atoms with Crippen molar-refractivity contribution in [3.05, 3.63) is 59.1 Å². The summed E-state index contributed by atoms with van der Waals surface area (Å²) in [5, 5.41) is 6.63. The Bertz CT molecular complexity index is 765. The predicted octanol–water partition coefficient (Wildman–Crippen LogP) is 4.82. The van der Waals surface area contributed by atoms with Crippen LogP contribution < -0.4 is 15.4 Å². The lowest BCUT2D eigenvalue weighted by atomic mass is 10.1. The summed E-state index contributed by atoms with van der Waals surface area (Å²) in [5.74, 6) is 0.955. The largest absolute Gasteiger partial charge is 0.491 e. The lowest BCUT2D eigenvalue weighted by molar-refractivity contribution is -0.119. The minimum Gasteiger partial charge on any atom is -0.491 e. The van der Waals surface area contributed by atoms with Gasteiger partial charge in [-0.3, -0.25) is 4.79 Å². The minimum atomic E-state index is -0.164. The molecule has 0 saturated carbocycles. The van der Waals surface area contributed by atoms with Gasteiger partial charge >= 0.3 is 0 Å². The fourth-order valence-electron chi connectivity index (χ4n) is 2.24. The highest BCUT2D eigenvalue weighted by Crippen LogP contribution is 2.24. The third-order valence-electron chi connectivity index (χ3n) is 3.54. The highest BCUT2D eigenvalue weighted by atomic mass is 35.5. The van der Waals surface area contributed by atoms with Crippen molar-refractivity contribution in [2.45, 2.75) is 26.7 Å². The minimum absolute atomic E-state index is 0.164. The number of para-hydroxylation sites is 2. The zero-order chi connectivity index (χ0) is 18.9. The molecule has 0 fully saturated rings. The van der Waals surface area contributed by atoms with Crippen LogP contribution in [0.5, 0.6) is 5.75 Å². The van der Waals surface area contributed by atoms with Crippen LogP contribution in [-0.2, 0) is 11.2 Å². The van der Waals surface area contributed by atoms with E-state index < -0.39 is 0 Å². The SMILES string of the molecule is CC(C)COc1ccccc1NC(=S)NC(=O)CCc1ccccc1Cl. The molecule has 0 saturated heterocycles. The summed E-state index contributed by atoms with van der Waals surface area (Å²) >= 11 is 11.3. The van der Waals surface area contributed by atoms with Crippen LogP contribution in [0.25, 0.3) is 0 Å². The first kappa shape index (κ1) is 20.2. The first-order valence-corrected chi connectivity index (χ1v) is 9.30. The van der Waals surface area contributed by atoms with Gasteiger partial charge in [0.05, 0.1) is 12.3 Å². The Morgan fingerprint density at radius 2 is 1.85 bits per heavy atom. The number of hydrogen-bond acceptors (Lipinski definition) is 3. The van der Waals surface area contributed by atoms with Gasteiger partial charge in [-0.2, -0.15) is 0 Å². The fraction of sp³-hybridized carbons (Fsp3) is 0.300. The number of halogens is 1. The number of rotatable bonds is 7. The Labute approximate surface area is 164 Å². The molecule has 0 atom stereocenters. The second kappa shape index (κ2) is 10.1. The maximum absolute atomic E-state index is 12.1. The molecule has 26 heavy (non-hydrogen) atoms. The second-order valence-corrected chi connectivity index (χ2v) is 7.11. The third kappa shape index (κ3) is 6.65. The van der Waals surface area contributed by atoms with Gasteiger partial charge in [-0.25, -0.2) is 0 Å². The first-order chi connectivity index (χ1) is 12.5. The molecule has 0 aliphatic rings. The summed E-state index contributed by atoms with van der Waals surface area (Å²) in [6.07, 6.45) is 0.860. The van der Waals surface area contributed by atoms with Crippen LogP contribution in [0, 0.1) is 5.92 Å². The van der Waals surface area contributed by atoms with E-state index in [4.69, 9.17) is 28.6 Å². The van der Waals surface area contributed by atoms with Gasteiger partial charge in [-0.1, -0.05) is 55.8 Å². The molecule has 0 spiro atoms. The van der Waals surface area contributed by atoms with Crippen LogP contribution in [0.3, 0.4) is 0 Å². The Balaban J connectivity index is 1.86. The van der Waals surface area contributed by atoms with Crippen LogP contribution in [0.1, 0.15) is 25.8 Å². The normalized spacial score (nSPS) is 10.5. The third-order valence-corrected chi connectivity index (χ3v) is 4.11. The lowest BCUT2D eigenvalue weighted by Crippen LogP contribution is -2.34. The summed E-state index contributed by atoms with van der Waals surface area (Å²) in [5.41, 5.74) is 1.67. The van der Waals surface area contributed by atoms with E-state index >= 15 is 0 Å². The maximum atomic E-state index is 12.1. The molecule has 1 amide bonds. The number of aryl methyl sites for hydroxylation is 1. The van der Waals surface area contributed by atoms with Crippen molar-refractivity contribution in [1.82, 2.24) is 5.32 Å². The molecule has 0 aliphatic heterocycles. The van der Waals surface area contributed by atoms with Crippen LogP contribution >= 0.6 is 23.8 Å². The van der Waals surface area contributed by atoms with Gasteiger partial charge < -0.3 is 15.4 Å². The molecule has 2 aromatic rings. The summed E-state index contributed by atoms with van der Waals surface area (Å²) < 4.78 is 5.77. The van der Waals surface area contributed by atoms with Gasteiger partial charge in [0.1, 0.15) is 5.75 Å². The van der Waals surface area contributed by atoms with E-state index in [1.54, 1.807) is 0 Å². The van der Waals surface area contributed by atoms with E-state index in [0.29, 0.717) is 36.1 Å². The number of thiocarbonyl (C=S) groups is 1. The number of ether oxygens (including phenoxy) is 1. The standard InChI is InChI=1S/C20H23ClN2O2S/c1-14(2)13-25-18-10-6-5-9-17(18)22-20(26)23-19(24)12-11-15-7-3-4-8-16(15)21/h3-10,14H,11-13H2,1-2H3,(H2,22,23,24,26). The topological polar surface area (TPSA) is 50.4 Å². The molecule has 0 radical (unpaired) electrons. The summed E-state index contributed by atoms with van der Waals surface area (Å²) in [6, 6.07) is 15.0. The van der Waals surface area contributed by atoms with E-state index in [0.717, 1.165) is 11.3 Å². The van der Waals surface area contributed by atoms with Gasteiger partial charge in [-0.15, -0.1) is 0 Å². The van der Waals surface area contributed by atoms with Crippen LogP contribution in [-0.4, -0.2) is 17.6 Å². The van der Waals surface area contributed by atoms with Crippen molar-refractivity contribution in [2.24, 2.45) is 5.92 Å². The van der Waals surface area contributed by atoms with Gasteiger partial charge in [0, 0.05) is 11.4 Å². The van der Waals surface area contributed by atoms with E-state index in [-0.39, 0.29) is 11.0 Å². The number of hydrogen-bond donors (Lipinski definition) is 2. The Morgan fingerprint density at radius 3 is 2.58 bits per heavy atom. The Hall–Kier alpha value is -2.11. The summed E-state index contributed by atoms with van der Waals surface area (Å²) in [6.45, 7) is 4.77. The summed E-state index contributed by atoms with van der Waals surface area (Å²) in [4.78, 5) is 12.1. The van der Waals surface area contributed by atoms with Gasteiger partial charge in [0.25, 0.3) is 0 Å². The first-order valence-electron chi connectivity index (χ1n) is 8.51. The van der Waals surface area contributed by atoms with E-state index in [1.807, 2.05) is 48.5 Å². The van der Waals surface area contributed by atoms with Gasteiger partial charge in [0.2, 0.25) is 5.91 Å². The van der Waals surface area contributed by atoms with Crippen LogP contribution in [0.4, 0.5) is 5.69 Å². The average Bonchev–Trinajstić information content (AvgIpc) is 2.60. The molecule has 0 unspecified atom stereocenters. The Morgan fingerprint density at radius 1 is 1.15 bits per heavy atom. The number of amides is 1. The van der Waals surface area contributed by atoms with Gasteiger partial charge in [-0.05, 0) is 48.3 Å². The second-order valence-electron chi connectivity index (χ2n) is 6.29. The molecule has 2 aromatic carbocycles. The molecule has 2 rings (SSSR count). The van der Waals surface area contributed by atoms with Gasteiger partial charge in [0.15, 0.2) is 5.11 Å². The number of nitrogens with one attached hydrogen (secondary N) is 2. The van der Waals surface area contributed by atoms with E-state index in [2.05, 4.69) is 24.5 Å². The molecule has 0 aliphatic carbocycles.